The topological polar surface area (TPSA) is 67.1 Å². The molecule has 21 heavy (non-hydrogen) atoms. The Balaban J connectivity index is 2.29. The minimum absolute atomic E-state index is 0.696. The number of rotatable bonds is 6. The number of hydrogen-bond acceptors (Lipinski definition) is 6. The average molecular weight is 370 g/mol. The molecule has 7 heteroatoms. The van der Waals surface area contributed by atoms with Gasteiger partial charge in [-0.25, -0.2) is 15.8 Å². The van der Waals surface area contributed by atoms with E-state index in [9.17, 15) is 0 Å². The molecule has 0 aliphatic rings. The van der Waals surface area contributed by atoms with Crippen molar-refractivity contribution in [3.8, 4) is 0 Å². The SMILES string of the molecule is CCCc1nc(NN)c(C)c(N(C)Cc2csc(Br)c2)n1. The molecule has 0 bridgehead atoms. The van der Waals surface area contributed by atoms with Gasteiger partial charge in [-0.2, -0.15) is 0 Å². The van der Waals surface area contributed by atoms with Gasteiger partial charge in [-0.15, -0.1) is 11.3 Å². The molecule has 0 fully saturated rings. The molecule has 114 valence electrons. The van der Waals surface area contributed by atoms with Gasteiger partial charge in [0.25, 0.3) is 0 Å². The number of aromatic nitrogens is 2. The molecule has 0 atom stereocenters. The van der Waals surface area contributed by atoms with Crippen molar-refractivity contribution in [1.29, 1.82) is 0 Å². The normalized spacial score (nSPS) is 10.7. The first-order chi connectivity index (χ1) is 10.0. The summed E-state index contributed by atoms with van der Waals surface area (Å²) in [6.45, 7) is 4.90. The molecule has 3 N–H and O–H groups in total. The van der Waals surface area contributed by atoms with E-state index in [2.05, 4.69) is 54.6 Å². The first-order valence-corrected chi connectivity index (χ1v) is 8.50. The van der Waals surface area contributed by atoms with Gasteiger partial charge in [0, 0.05) is 25.6 Å². The van der Waals surface area contributed by atoms with Crippen molar-refractivity contribution in [2.24, 2.45) is 5.84 Å². The number of hydrazine groups is 1. The molecule has 0 radical (unpaired) electrons. The van der Waals surface area contributed by atoms with Crippen LogP contribution in [0.15, 0.2) is 15.2 Å². The second kappa shape index (κ2) is 7.20. The van der Waals surface area contributed by atoms with Gasteiger partial charge in [0.1, 0.15) is 17.5 Å². The predicted octanol–water partition coefficient (Wildman–Crippen LogP) is 3.48. The maximum Gasteiger partial charge on any atom is 0.148 e. The van der Waals surface area contributed by atoms with Crippen LogP contribution in [0, 0.1) is 6.92 Å². The number of anilines is 2. The minimum Gasteiger partial charge on any atom is -0.355 e. The third kappa shape index (κ3) is 3.93. The summed E-state index contributed by atoms with van der Waals surface area (Å²) in [7, 11) is 2.04. The maximum atomic E-state index is 5.58. The number of nitrogen functional groups attached to an aromatic ring is 1. The summed E-state index contributed by atoms with van der Waals surface area (Å²) >= 11 is 5.19. The molecule has 2 aromatic rings. The van der Waals surface area contributed by atoms with Crippen LogP contribution < -0.4 is 16.2 Å². The van der Waals surface area contributed by atoms with Gasteiger partial charge in [0.2, 0.25) is 0 Å². The van der Waals surface area contributed by atoms with Crippen molar-refractivity contribution in [3.63, 3.8) is 0 Å². The molecule has 2 heterocycles. The summed E-state index contributed by atoms with van der Waals surface area (Å²) in [5, 5.41) is 2.14. The zero-order valence-corrected chi connectivity index (χ0v) is 14.9. The van der Waals surface area contributed by atoms with E-state index in [0.29, 0.717) is 5.82 Å². The van der Waals surface area contributed by atoms with E-state index < -0.39 is 0 Å². The van der Waals surface area contributed by atoms with Crippen LogP contribution in [0.1, 0.15) is 30.3 Å². The van der Waals surface area contributed by atoms with Crippen LogP contribution in [0.2, 0.25) is 0 Å². The summed E-state index contributed by atoms with van der Waals surface area (Å²) in [5.41, 5.74) is 4.90. The number of nitrogens with two attached hydrogens (primary N) is 1. The lowest BCUT2D eigenvalue weighted by molar-refractivity contribution is 0.807. The number of nitrogens with one attached hydrogen (secondary N) is 1. The first-order valence-electron chi connectivity index (χ1n) is 6.83. The largest absolute Gasteiger partial charge is 0.355 e. The second-order valence-electron chi connectivity index (χ2n) is 4.95. The highest BCUT2D eigenvalue weighted by Crippen LogP contribution is 2.26. The van der Waals surface area contributed by atoms with Crippen molar-refractivity contribution < 1.29 is 0 Å². The summed E-state index contributed by atoms with van der Waals surface area (Å²) in [4.78, 5) is 11.3. The Morgan fingerprint density at radius 3 is 2.76 bits per heavy atom. The van der Waals surface area contributed by atoms with Crippen LogP contribution in [0.3, 0.4) is 0 Å². The van der Waals surface area contributed by atoms with Crippen molar-refractivity contribution in [3.05, 3.63) is 32.2 Å². The van der Waals surface area contributed by atoms with Crippen LogP contribution in [-0.2, 0) is 13.0 Å². The zero-order chi connectivity index (χ0) is 15.4. The quantitative estimate of drug-likeness (QED) is 0.602. The van der Waals surface area contributed by atoms with E-state index in [-0.39, 0.29) is 0 Å². The summed E-state index contributed by atoms with van der Waals surface area (Å²) in [5.74, 6) is 8.02. The van der Waals surface area contributed by atoms with Crippen LogP contribution in [-0.4, -0.2) is 17.0 Å². The lowest BCUT2D eigenvalue weighted by Crippen LogP contribution is -2.22. The van der Waals surface area contributed by atoms with Crippen LogP contribution in [0.4, 0.5) is 11.6 Å². The number of halogens is 1. The summed E-state index contributed by atoms with van der Waals surface area (Å²) in [6.07, 6.45) is 1.85. The first kappa shape index (κ1) is 16.2. The number of hydrogen-bond donors (Lipinski definition) is 2. The van der Waals surface area contributed by atoms with Gasteiger partial charge in [-0.1, -0.05) is 6.92 Å². The van der Waals surface area contributed by atoms with Crippen molar-refractivity contribution in [2.75, 3.05) is 17.4 Å². The smallest absolute Gasteiger partial charge is 0.148 e. The third-order valence-corrected chi connectivity index (χ3v) is 4.73. The second-order valence-corrected chi connectivity index (χ2v) is 7.24. The van der Waals surface area contributed by atoms with Crippen molar-refractivity contribution in [1.82, 2.24) is 9.97 Å². The standard InChI is InChI=1S/C14H20BrN5S/c1-4-5-12-17-13(19-16)9(2)14(18-12)20(3)7-10-6-11(15)21-8-10/h6,8H,4-5,7,16H2,1-3H3,(H,17,18,19). The molecule has 0 saturated carbocycles. The Hall–Kier alpha value is -1.18. The monoisotopic (exact) mass is 369 g/mol. The van der Waals surface area contributed by atoms with Gasteiger partial charge in [0.05, 0.1) is 3.79 Å². The Morgan fingerprint density at radius 1 is 1.43 bits per heavy atom. The third-order valence-electron chi connectivity index (χ3n) is 3.18. The Labute approximate surface area is 137 Å². The molecule has 0 aromatic carbocycles. The molecule has 0 unspecified atom stereocenters. The van der Waals surface area contributed by atoms with E-state index in [1.54, 1.807) is 11.3 Å². The van der Waals surface area contributed by atoms with Crippen molar-refractivity contribution in [2.45, 2.75) is 33.2 Å². The summed E-state index contributed by atoms with van der Waals surface area (Å²) in [6, 6.07) is 2.13. The van der Waals surface area contributed by atoms with E-state index in [1.165, 1.54) is 5.56 Å². The van der Waals surface area contributed by atoms with Crippen LogP contribution in [0.5, 0.6) is 0 Å². The number of aryl methyl sites for hydroxylation is 1. The number of thiophene rings is 1. The highest BCUT2D eigenvalue weighted by atomic mass is 79.9. The van der Waals surface area contributed by atoms with Crippen LogP contribution >= 0.6 is 27.3 Å². The minimum atomic E-state index is 0.696. The fourth-order valence-electron chi connectivity index (χ4n) is 2.17. The number of nitrogens with zero attached hydrogens (tertiary/aromatic N) is 3. The molecule has 2 rings (SSSR count). The highest BCUT2D eigenvalue weighted by Gasteiger charge is 2.14. The molecule has 0 aliphatic heterocycles. The molecule has 0 saturated heterocycles. The molecular weight excluding hydrogens is 350 g/mol. The summed E-state index contributed by atoms with van der Waals surface area (Å²) < 4.78 is 1.14. The zero-order valence-electron chi connectivity index (χ0n) is 12.5. The predicted molar refractivity (Wildman–Crippen MR) is 92.7 cm³/mol. The average Bonchev–Trinajstić information content (AvgIpc) is 2.86. The van der Waals surface area contributed by atoms with Crippen LogP contribution in [0.25, 0.3) is 0 Å². The molecule has 0 spiro atoms. The lowest BCUT2D eigenvalue weighted by atomic mass is 10.2. The molecule has 0 amide bonds. The molecule has 0 aliphatic carbocycles. The Morgan fingerprint density at radius 2 is 2.19 bits per heavy atom. The van der Waals surface area contributed by atoms with E-state index >= 15 is 0 Å². The molecule has 5 nitrogen and oxygen atoms in total. The van der Waals surface area contributed by atoms with Gasteiger partial charge < -0.3 is 10.3 Å². The Kier molecular flexibility index (Phi) is 5.55. The van der Waals surface area contributed by atoms with Gasteiger partial charge >= 0.3 is 0 Å². The highest BCUT2D eigenvalue weighted by molar-refractivity contribution is 9.11. The maximum absolute atomic E-state index is 5.58. The molecular formula is C14H20BrN5S. The van der Waals surface area contributed by atoms with E-state index in [0.717, 1.165) is 40.4 Å². The fourth-order valence-corrected chi connectivity index (χ4v) is 3.38. The van der Waals surface area contributed by atoms with E-state index in [1.807, 2.05) is 14.0 Å². The van der Waals surface area contributed by atoms with Gasteiger partial charge in [0.15, 0.2) is 0 Å². The fraction of sp³-hybridized carbons (Fsp3) is 0.429. The lowest BCUT2D eigenvalue weighted by Gasteiger charge is -2.21. The molecule has 2 aromatic heterocycles. The van der Waals surface area contributed by atoms with Crippen molar-refractivity contribution >= 4 is 38.9 Å². The van der Waals surface area contributed by atoms with E-state index in [4.69, 9.17) is 5.84 Å². The Bertz CT molecular complexity index is 613. The van der Waals surface area contributed by atoms with Gasteiger partial charge in [-0.05, 0) is 46.3 Å². The van der Waals surface area contributed by atoms with Gasteiger partial charge in [-0.3, -0.25) is 0 Å².